The molecule has 15 heavy (non-hydrogen) atoms. The van der Waals surface area contributed by atoms with Gasteiger partial charge in [0.25, 0.3) is 5.69 Å². The van der Waals surface area contributed by atoms with Crippen LogP contribution in [0.2, 0.25) is 0 Å². The second kappa shape index (κ2) is 4.08. The molecule has 0 unspecified atom stereocenters. The molecular formula is C7H8NO6P. The Labute approximate surface area is 84.3 Å². The summed E-state index contributed by atoms with van der Waals surface area (Å²) in [5.41, 5.74) is -0.273. The van der Waals surface area contributed by atoms with Crippen molar-refractivity contribution in [3.8, 4) is 0 Å². The topological polar surface area (TPSA) is 121 Å². The van der Waals surface area contributed by atoms with E-state index >= 15 is 0 Å². The molecule has 3 N–H and O–H groups in total. The molecule has 0 amide bonds. The molecule has 82 valence electrons. The highest BCUT2D eigenvalue weighted by atomic mass is 31.2. The van der Waals surface area contributed by atoms with E-state index in [1.165, 1.54) is 0 Å². The summed E-state index contributed by atoms with van der Waals surface area (Å²) in [7, 11) is -4.63. The van der Waals surface area contributed by atoms with Crippen LogP contribution in [0.4, 0.5) is 5.69 Å². The molecule has 0 aliphatic rings. The summed E-state index contributed by atoms with van der Waals surface area (Å²) in [6.07, 6.45) is 0. The number of aliphatic hydroxyl groups is 1. The number of hydrogen-bond acceptors (Lipinski definition) is 4. The third kappa shape index (κ3) is 2.84. The fourth-order valence-corrected chi connectivity index (χ4v) is 1.52. The van der Waals surface area contributed by atoms with Crippen molar-refractivity contribution >= 4 is 13.3 Å². The van der Waals surface area contributed by atoms with Gasteiger partial charge in [0, 0.05) is 12.1 Å². The number of hydrogen-bond donors (Lipinski definition) is 3. The van der Waals surface area contributed by atoms with Crippen LogP contribution in [0.15, 0.2) is 24.3 Å². The predicted octanol–water partition coefficient (Wildman–Crippen LogP) is 0.763. The molecule has 0 aliphatic carbocycles. The van der Waals surface area contributed by atoms with Crippen LogP contribution < -0.4 is 0 Å². The number of nitro benzene ring substituents is 1. The van der Waals surface area contributed by atoms with E-state index in [1.807, 2.05) is 0 Å². The average Bonchev–Trinajstić information content (AvgIpc) is 2.15. The van der Waals surface area contributed by atoms with Crippen molar-refractivity contribution in [2.45, 2.75) is 5.85 Å². The summed E-state index contributed by atoms with van der Waals surface area (Å²) < 4.78 is 10.7. The van der Waals surface area contributed by atoms with E-state index in [4.69, 9.17) is 14.9 Å². The van der Waals surface area contributed by atoms with Crippen LogP contribution in [0.25, 0.3) is 0 Å². The minimum absolute atomic E-state index is 0.0612. The fraction of sp³-hybridized carbons (Fsp3) is 0.143. The largest absolute Gasteiger partial charge is 0.376 e. The van der Waals surface area contributed by atoms with Gasteiger partial charge in [-0.2, -0.15) is 0 Å². The van der Waals surface area contributed by atoms with Gasteiger partial charge in [-0.15, -0.1) is 0 Å². The Kier molecular flexibility index (Phi) is 3.21. The molecule has 1 rings (SSSR count). The van der Waals surface area contributed by atoms with Crippen molar-refractivity contribution < 1.29 is 24.4 Å². The Morgan fingerprint density at radius 3 is 2.07 bits per heavy atom. The number of nitrogens with zero attached hydrogens (tertiary/aromatic N) is 1. The molecule has 0 radical (unpaired) electrons. The molecule has 0 aliphatic heterocycles. The van der Waals surface area contributed by atoms with Gasteiger partial charge >= 0.3 is 7.60 Å². The van der Waals surface area contributed by atoms with Crippen molar-refractivity contribution in [1.29, 1.82) is 0 Å². The number of benzene rings is 1. The minimum atomic E-state index is -4.63. The molecule has 0 spiro atoms. The predicted molar refractivity (Wildman–Crippen MR) is 50.1 cm³/mol. The monoisotopic (exact) mass is 233 g/mol. The van der Waals surface area contributed by atoms with Crippen molar-refractivity contribution in [3.63, 3.8) is 0 Å². The Morgan fingerprint density at radius 2 is 1.73 bits per heavy atom. The molecule has 1 aromatic carbocycles. The molecule has 7 nitrogen and oxygen atoms in total. The van der Waals surface area contributed by atoms with Gasteiger partial charge in [-0.3, -0.25) is 14.7 Å². The average molecular weight is 233 g/mol. The van der Waals surface area contributed by atoms with Gasteiger partial charge in [-0.25, -0.2) is 0 Å². The first-order chi connectivity index (χ1) is 6.82. The Bertz CT molecular complexity index is 410. The van der Waals surface area contributed by atoms with Crippen molar-refractivity contribution in [3.05, 3.63) is 39.9 Å². The lowest BCUT2D eigenvalue weighted by Gasteiger charge is -2.11. The molecule has 0 fully saturated rings. The first kappa shape index (κ1) is 11.8. The highest BCUT2D eigenvalue weighted by molar-refractivity contribution is 7.51. The highest BCUT2D eigenvalue weighted by Crippen LogP contribution is 2.49. The molecule has 0 heterocycles. The number of rotatable bonds is 3. The number of nitro groups is 1. The van der Waals surface area contributed by atoms with E-state index in [0.717, 1.165) is 24.3 Å². The Hall–Kier alpha value is -1.27. The zero-order valence-corrected chi connectivity index (χ0v) is 8.24. The number of aliphatic hydroxyl groups excluding tert-OH is 1. The van der Waals surface area contributed by atoms with E-state index in [-0.39, 0.29) is 11.3 Å². The van der Waals surface area contributed by atoms with Crippen molar-refractivity contribution in [1.82, 2.24) is 0 Å². The molecule has 1 aromatic rings. The second-order valence-electron chi connectivity index (χ2n) is 2.81. The van der Waals surface area contributed by atoms with Crippen LogP contribution in [0.5, 0.6) is 0 Å². The summed E-state index contributed by atoms with van der Waals surface area (Å²) in [5, 5.41) is 19.4. The summed E-state index contributed by atoms with van der Waals surface area (Å²) in [4.78, 5) is 26.9. The van der Waals surface area contributed by atoms with E-state index in [9.17, 15) is 14.7 Å². The van der Waals surface area contributed by atoms with Gasteiger partial charge in [0.15, 0.2) is 5.85 Å². The lowest BCUT2D eigenvalue weighted by atomic mass is 10.2. The van der Waals surface area contributed by atoms with E-state index in [2.05, 4.69) is 0 Å². The van der Waals surface area contributed by atoms with Gasteiger partial charge in [0.2, 0.25) is 0 Å². The van der Waals surface area contributed by atoms with Crippen molar-refractivity contribution in [2.75, 3.05) is 0 Å². The van der Waals surface area contributed by atoms with Crippen LogP contribution in [0.1, 0.15) is 11.4 Å². The highest BCUT2D eigenvalue weighted by Gasteiger charge is 2.28. The molecule has 0 aromatic heterocycles. The molecule has 8 heteroatoms. The van der Waals surface area contributed by atoms with Crippen LogP contribution in [0.3, 0.4) is 0 Å². The van der Waals surface area contributed by atoms with E-state index < -0.39 is 18.4 Å². The van der Waals surface area contributed by atoms with E-state index in [0.29, 0.717) is 0 Å². The molecule has 1 atom stereocenters. The Morgan fingerprint density at radius 1 is 1.27 bits per heavy atom. The van der Waals surface area contributed by atoms with Crippen LogP contribution in [-0.2, 0) is 4.57 Å². The SMILES string of the molecule is O=[N+]([O-])c1ccc([C@@H](O)P(=O)(O)O)cc1. The summed E-state index contributed by atoms with van der Waals surface area (Å²) in [6, 6.07) is 4.33. The van der Waals surface area contributed by atoms with Gasteiger partial charge < -0.3 is 14.9 Å². The fourth-order valence-electron chi connectivity index (χ4n) is 0.962. The van der Waals surface area contributed by atoms with Gasteiger partial charge in [-0.05, 0) is 17.7 Å². The third-order valence-electron chi connectivity index (χ3n) is 1.72. The maximum Gasteiger partial charge on any atom is 0.358 e. The Balaban J connectivity index is 2.99. The van der Waals surface area contributed by atoms with E-state index in [1.54, 1.807) is 0 Å². The first-order valence-corrected chi connectivity index (χ1v) is 5.48. The number of non-ortho nitro benzene ring substituents is 1. The molecule has 0 bridgehead atoms. The first-order valence-electron chi connectivity index (χ1n) is 3.80. The molecular weight excluding hydrogens is 225 g/mol. The zero-order valence-electron chi connectivity index (χ0n) is 7.35. The minimum Gasteiger partial charge on any atom is -0.376 e. The van der Waals surface area contributed by atoms with Gasteiger partial charge in [0.1, 0.15) is 0 Å². The summed E-state index contributed by atoms with van der Waals surface area (Å²) in [5.74, 6) is -1.95. The lowest BCUT2D eigenvalue weighted by Crippen LogP contribution is -1.98. The van der Waals surface area contributed by atoms with Gasteiger partial charge in [-0.1, -0.05) is 0 Å². The second-order valence-corrected chi connectivity index (χ2v) is 4.48. The lowest BCUT2D eigenvalue weighted by molar-refractivity contribution is -0.384. The third-order valence-corrected chi connectivity index (χ3v) is 2.66. The zero-order chi connectivity index (χ0) is 11.6. The maximum absolute atomic E-state index is 10.7. The standard InChI is InChI=1S/C7H8NO6P/c9-7(15(12,13)14)5-1-3-6(4-2-5)8(10)11/h1-4,7,9H,(H2,12,13,14)/t7-/m0/s1. The maximum atomic E-state index is 10.7. The molecule has 0 saturated heterocycles. The van der Waals surface area contributed by atoms with Gasteiger partial charge in [0.05, 0.1) is 4.92 Å². The summed E-state index contributed by atoms with van der Waals surface area (Å²) in [6.45, 7) is 0. The summed E-state index contributed by atoms with van der Waals surface area (Å²) >= 11 is 0. The van der Waals surface area contributed by atoms with Crippen LogP contribution >= 0.6 is 7.60 Å². The normalized spacial score (nSPS) is 13.5. The van der Waals surface area contributed by atoms with Crippen molar-refractivity contribution in [2.24, 2.45) is 0 Å². The van der Waals surface area contributed by atoms with Crippen LogP contribution in [-0.4, -0.2) is 19.8 Å². The smallest absolute Gasteiger partial charge is 0.358 e. The quantitative estimate of drug-likeness (QED) is 0.402. The van der Waals surface area contributed by atoms with Crippen LogP contribution in [0, 0.1) is 10.1 Å². The molecule has 0 saturated carbocycles.